The van der Waals surface area contributed by atoms with Crippen LogP contribution in [0.15, 0.2) is 9.98 Å². The molecule has 2 heterocycles. The van der Waals surface area contributed by atoms with E-state index in [0.29, 0.717) is 5.06 Å². The lowest BCUT2D eigenvalue weighted by atomic mass is 9.96. The van der Waals surface area contributed by atoms with Gasteiger partial charge in [0.15, 0.2) is 5.96 Å². The van der Waals surface area contributed by atoms with Gasteiger partial charge in [-0.3, -0.25) is 10.1 Å². The van der Waals surface area contributed by atoms with Crippen molar-refractivity contribution in [2.24, 2.45) is 15.7 Å². The van der Waals surface area contributed by atoms with Crippen molar-refractivity contribution in [2.45, 2.75) is 37.8 Å². The van der Waals surface area contributed by atoms with Crippen LogP contribution in [-0.2, 0) is 10.0 Å². The summed E-state index contributed by atoms with van der Waals surface area (Å²) in [5.74, 6) is -3.37. The number of amides is 1. The van der Waals surface area contributed by atoms with E-state index in [9.17, 15) is 15.1 Å². The first kappa shape index (κ1) is 12.7. The Balaban J connectivity index is 2.57. The molecular formula is C9H15N6O3. The van der Waals surface area contributed by atoms with Gasteiger partial charge >= 0.3 is 5.85 Å². The summed E-state index contributed by atoms with van der Waals surface area (Å²) < 4.78 is 0. The summed E-state index contributed by atoms with van der Waals surface area (Å²) in [4.78, 5) is 19.4. The van der Waals surface area contributed by atoms with Gasteiger partial charge in [-0.05, 0) is 20.8 Å². The lowest BCUT2D eigenvalue weighted by Crippen LogP contribution is -2.79. The SMILES string of the molecule is CC(C)(C)N([O])C12NC=NC1(O)N=C(N)NC2=O. The van der Waals surface area contributed by atoms with E-state index in [1.54, 1.807) is 20.8 Å². The Bertz CT molecular complexity index is 456. The Hall–Kier alpha value is -1.71. The van der Waals surface area contributed by atoms with Gasteiger partial charge in [-0.1, -0.05) is 0 Å². The Kier molecular flexibility index (Phi) is 2.41. The third-order valence-electron chi connectivity index (χ3n) is 2.76. The van der Waals surface area contributed by atoms with Gasteiger partial charge in [-0.25, -0.2) is 4.99 Å². The van der Waals surface area contributed by atoms with Crippen molar-refractivity contribution in [1.82, 2.24) is 15.7 Å². The second-order valence-corrected chi connectivity index (χ2v) is 5.16. The number of hydroxylamine groups is 2. The van der Waals surface area contributed by atoms with E-state index < -0.39 is 23.0 Å². The molecule has 0 aliphatic carbocycles. The van der Waals surface area contributed by atoms with E-state index in [4.69, 9.17) is 5.73 Å². The van der Waals surface area contributed by atoms with Gasteiger partial charge < -0.3 is 16.2 Å². The van der Waals surface area contributed by atoms with Gasteiger partial charge in [0.1, 0.15) is 0 Å². The fraction of sp³-hybridized carbons (Fsp3) is 0.667. The molecule has 2 aliphatic rings. The zero-order valence-electron chi connectivity index (χ0n) is 10.3. The number of nitrogens with two attached hydrogens (primary N) is 1. The maximum atomic E-state index is 12.4. The summed E-state index contributed by atoms with van der Waals surface area (Å²) in [6.07, 6.45) is 1.07. The molecule has 2 rings (SSSR count). The molecular weight excluding hydrogens is 240 g/mol. The number of nitrogens with one attached hydrogen (secondary N) is 2. The van der Waals surface area contributed by atoms with Crippen LogP contribution in [0.5, 0.6) is 0 Å². The summed E-state index contributed by atoms with van der Waals surface area (Å²) in [7, 11) is 0. The molecule has 18 heavy (non-hydrogen) atoms. The van der Waals surface area contributed by atoms with Crippen molar-refractivity contribution in [2.75, 3.05) is 0 Å². The van der Waals surface area contributed by atoms with Crippen LogP contribution in [0, 0.1) is 0 Å². The quantitative estimate of drug-likeness (QED) is 0.396. The fourth-order valence-electron chi connectivity index (χ4n) is 1.93. The largest absolute Gasteiger partial charge is 0.369 e. The maximum absolute atomic E-state index is 12.4. The van der Waals surface area contributed by atoms with Crippen LogP contribution in [0.2, 0.25) is 0 Å². The highest BCUT2D eigenvalue weighted by Crippen LogP contribution is 2.37. The molecule has 0 aromatic carbocycles. The summed E-state index contributed by atoms with van der Waals surface area (Å²) in [6.45, 7) is 4.80. The number of nitrogens with zero attached hydrogens (tertiary/aromatic N) is 3. The standard InChI is InChI=1S/C9H15N6O3/c1-7(2,3)15(18)8-5(16)13-6(10)14-9(8,17)12-4-11-8/h4,17H,1-3H3,(H,11,12)(H3,10,13,14,16). The highest BCUT2D eigenvalue weighted by Gasteiger charge is 2.68. The van der Waals surface area contributed by atoms with Gasteiger partial charge in [-0.15, -0.1) is 10.3 Å². The molecule has 5 N–H and O–H groups in total. The first-order chi connectivity index (χ1) is 8.13. The van der Waals surface area contributed by atoms with Crippen molar-refractivity contribution in [3.8, 4) is 0 Å². The van der Waals surface area contributed by atoms with Crippen LogP contribution in [0.25, 0.3) is 0 Å². The number of carbonyl (C=O) groups excluding carboxylic acids is 1. The second-order valence-electron chi connectivity index (χ2n) is 5.16. The number of hydrogen-bond acceptors (Lipinski definition) is 7. The van der Waals surface area contributed by atoms with Crippen LogP contribution in [0.1, 0.15) is 20.8 Å². The first-order valence-corrected chi connectivity index (χ1v) is 5.31. The van der Waals surface area contributed by atoms with E-state index in [-0.39, 0.29) is 5.96 Å². The molecule has 2 aliphatic heterocycles. The minimum atomic E-state index is -2.27. The van der Waals surface area contributed by atoms with Crippen LogP contribution < -0.4 is 16.4 Å². The van der Waals surface area contributed by atoms with Crippen LogP contribution >= 0.6 is 0 Å². The number of aliphatic imine (C=N–C) groups is 2. The highest BCUT2D eigenvalue weighted by molar-refractivity contribution is 6.05. The highest BCUT2D eigenvalue weighted by atomic mass is 16.5. The topological polar surface area (TPSA) is 135 Å². The zero-order chi connectivity index (χ0) is 13.8. The number of carbonyl (C=O) groups is 1. The zero-order valence-corrected chi connectivity index (χ0v) is 10.3. The first-order valence-electron chi connectivity index (χ1n) is 5.31. The molecule has 9 heteroatoms. The van der Waals surface area contributed by atoms with Crippen LogP contribution in [-0.4, -0.2) is 45.4 Å². The van der Waals surface area contributed by atoms with Crippen molar-refractivity contribution in [3.63, 3.8) is 0 Å². The molecule has 2 unspecified atom stereocenters. The fourth-order valence-corrected chi connectivity index (χ4v) is 1.93. The number of rotatable bonds is 1. The maximum Gasteiger partial charge on any atom is 0.309 e. The summed E-state index contributed by atoms with van der Waals surface area (Å²) in [5, 5.41) is 27.8. The van der Waals surface area contributed by atoms with Crippen molar-refractivity contribution in [1.29, 1.82) is 0 Å². The van der Waals surface area contributed by atoms with Gasteiger partial charge in [0.05, 0.1) is 6.34 Å². The molecule has 0 saturated carbocycles. The van der Waals surface area contributed by atoms with Gasteiger partial charge in [-0.2, -0.15) is 4.99 Å². The number of aliphatic hydroxyl groups is 1. The Morgan fingerprint density at radius 3 is 2.67 bits per heavy atom. The molecule has 0 spiro atoms. The van der Waals surface area contributed by atoms with Crippen LogP contribution in [0.3, 0.4) is 0 Å². The van der Waals surface area contributed by atoms with Crippen molar-refractivity contribution >= 4 is 18.2 Å². The van der Waals surface area contributed by atoms with Crippen molar-refractivity contribution < 1.29 is 15.1 Å². The predicted octanol–water partition coefficient (Wildman–Crippen LogP) is -2.15. The van der Waals surface area contributed by atoms with Gasteiger partial charge in [0, 0.05) is 5.54 Å². The summed E-state index contributed by atoms with van der Waals surface area (Å²) >= 11 is 0. The van der Waals surface area contributed by atoms with E-state index in [1.807, 2.05) is 0 Å². The number of guanidine groups is 1. The molecule has 1 radical (unpaired) electrons. The minimum Gasteiger partial charge on any atom is -0.369 e. The molecule has 0 bridgehead atoms. The average Bonchev–Trinajstić information content (AvgIpc) is 2.53. The van der Waals surface area contributed by atoms with Gasteiger partial charge in [0.25, 0.3) is 11.6 Å². The molecule has 9 nitrogen and oxygen atoms in total. The number of fused-ring (bicyclic) bond motifs is 1. The Morgan fingerprint density at radius 2 is 2.11 bits per heavy atom. The van der Waals surface area contributed by atoms with E-state index in [2.05, 4.69) is 20.6 Å². The van der Waals surface area contributed by atoms with Gasteiger partial charge in [0.2, 0.25) is 0 Å². The monoisotopic (exact) mass is 255 g/mol. The lowest BCUT2D eigenvalue weighted by molar-refractivity contribution is -0.304. The summed E-state index contributed by atoms with van der Waals surface area (Å²) in [5.41, 5.74) is 2.37. The smallest absolute Gasteiger partial charge is 0.309 e. The Morgan fingerprint density at radius 1 is 1.50 bits per heavy atom. The van der Waals surface area contributed by atoms with Crippen LogP contribution in [0.4, 0.5) is 0 Å². The minimum absolute atomic E-state index is 0.290. The molecule has 0 aromatic rings. The predicted molar refractivity (Wildman–Crippen MR) is 61.4 cm³/mol. The normalized spacial score (nSPS) is 35.0. The molecule has 0 saturated heterocycles. The van der Waals surface area contributed by atoms with E-state index >= 15 is 0 Å². The molecule has 99 valence electrons. The molecule has 2 atom stereocenters. The van der Waals surface area contributed by atoms with E-state index in [1.165, 1.54) is 0 Å². The third kappa shape index (κ3) is 1.41. The molecule has 0 aromatic heterocycles. The number of hydrogen-bond donors (Lipinski definition) is 4. The van der Waals surface area contributed by atoms with Crippen molar-refractivity contribution in [3.05, 3.63) is 0 Å². The third-order valence-corrected chi connectivity index (χ3v) is 2.76. The average molecular weight is 255 g/mol. The van der Waals surface area contributed by atoms with E-state index in [0.717, 1.165) is 6.34 Å². The lowest BCUT2D eigenvalue weighted by Gasteiger charge is -2.46. The Labute approximate surface area is 103 Å². The summed E-state index contributed by atoms with van der Waals surface area (Å²) in [6, 6.07) is 0. The molecule has 0 fully saturated rings. The second kappa shape index (κ2) is 3.40. The molecule has 1 amide bonds.